The van der Waals surface area contributed by atoms with E-state index in [-0.39, 0.29) is 32.1 Å². The summed E-state index contributed by atoms with van der Waals surface area (Å²) >= 11 is 1.60. The van der Waals surface area contributed by atoms with Crippen LogP contribution in [0.3, 0.4) is 0 Å². The summed E-state index contributed by atoms with van der Waals surface area (Å²) in [5.74, 6) is 2.18. The van der Waals surface area contributed by atoms with Crippen LogP contribution < -0.4 is 15.0 Å². The third-order valence-corrected chi connectivity index (χ3v) is 9.47. The topological polar surface area (TPSA) is 97.9 Å². The number of hydrogen-bond donors (Lipinski definition) is 2. The molecule has 2 aromatic carbocycles. The molecule has 1 saturated carbocycles. The number of nitrogens with one attached hydrogen (secondary N) is 3. The number of allylic oxidation sites excluding steroid dienone is 5. The van der Waals surface area contributed by atoms with Crippen LogP contribution in [-0.4, -0.2) is 46.6 Å². The van der Waals surface area contributed by atoms with Crippen molar-refractivity contribution in [3.8, 4) is 5.75 Å². The quantitative estimate of drug-likeness (QED) is 0.146. The molecule has 2 saturated heterocycles. The van der Waals surface area contributed by atoms with E-state index in [9.17, 15) is 0 Å². The fourth-order valence-electron chi connectivity index (χ4n) is 6.54. The molecule has 4 aliphatic rings. The molecule has 7 rings (SSSR count). The monoisotopic (exact) mass is 687 g/mol. The average molecular weight is 688 g/mol. The van der Waals surface area contributed by atoms with E-state index in [4.69, 9.17) is 25.8 Å². The minimum atomic E-state index is -0.456. The number of ether oxygens (including phenoxy) is 1. The van der Waals surface area contributed by atoms with E-state index in [1.165, 1.54) is 12.3 Å². The predicted molar refractivity (Wildman–Crippen MR) is 168 cm³/mol. The molecule has 3 heterocycles. The fourth-order valence-corrected chi connectivity index (χ4v) is 7.10. The second kappa shape index (κ2) is 12.2. The number of rotatable bonds is 8. The first-order chi connectivity index (χ1) is 20.5. The van der Waals surface area contributed by atoms with E-state index in [0.717, 1.165) is 66.0 Å². The Kier molecular flexibility index (Phi) is 8.49. The maximum absolute atomic E-state index is 15.3. The molecule has 7 nitrogen and oxygen atoms in total. The molecular formula is C33H34FN6OPdS-. The first-order valence-corrected chi connectivity index (χ1v) is 15.7. The molecule has 43 heavy (non-hydrogen) atoms. The predicted octanol–water partition coefficient (Wildman–Crippen LogP) is 7.34. The van der Waals surface area contributed by atoms with Gasteiger partial charge in [-0.3, -0.25) is 0 Å². The Hall–Kier alpha value is -3.03. The van der Waals surface area contributed by atoms with Gasteiger partial charge in [0, 0.05) is 56.5 Å². The van der Waals surface area contributed by atoms with Gasteiger partial charge in [0.15, 0.2) is 10.9 Å². The number of halogens is 1. The zero-order chi connectivity index (χ0) is 29.0. The van der Waals surface area contributed by atoms with E-state index in [2.05, 4.69) is 23.2 Å². The van der Waals surface area contributed by atoms with Crippen LogP contribution in [0.15, 0.2) is 70.8 Å². The van der Waals surface area contributed by atoms with E-state index >= 15 is 4.39 Å². The Morgan fingerprint density at radius 1 is 1.23 bits per heavy atom. The van der Waals surface area contributed by atoms with Gasteiger partial charge in [-0.1, -0.05) is 49.0 Å². The van der Waals surface area contributed by atoms with Gasteiger partial charge in [-0.15, -0.1) is 0 Å². The zero-order valence-electron chi connectivity index (χ0n) is 24.2. The summed E-state index contributed by atoms with van der Waals surface area (Å²) in [5, 5.41) is 13.8. The molecule has 3 N–H and O–H groups in total. The SMILES string of the molecule is CCSc1nc(N2CC3CC2CN3)c2cc(C3CC3)c(C3=C(C)C(F)=CC(=N)/C3=C\[NH-])c(OCc3ccccc3)c2n1.[Pd]. The van der Waals surface area contributed by atoms with Crippen LogP contribution in [0.25, 0.3) is 22.2 Å². The van der Waals surface area contributed by atoms with Gasteiger partial charge in [0.05, 0.1) is 5.71 Å². The molecule has 0 radical (unpaired) electrons. The molecule has 3 fully saturated rings. The smallest absolute Gasteiger partial charge is 0.190 e. The van der Waals surface area contributed by atoms with E-state index < -0.39 is 5.83 Å². The first kappa shape index (κ1) is 30.0. The first-order valence-electron chi connectivity index (χ1n) is 14.7. The molecule has 0 spiro atoms. The molecule has 2 atom stereocenters. The van der Waals surface area contributed by atoms with Crippen molar-refractivity contribution in [2.45, 2.75) is 62.9 Å². The number of hydrogen-bond acceptors (Lipinski definition) is 7. The molecule has 2 aliphatic heterocycles. The van der Waals surface area contributed by atoms with Gasteiger partial charge in [0.1, 0.15) is 23.8 Å². The summed E-state index contributed by atoms with van der Waals surface area (Å²) in [4.78, 5) is 12.6. The number of fused-ring (bicyclic) bond motifs is 3. The summed E-state index contributed by atoms with van der Waals surface area (Å²) in [7, 11) is 0. The Labute approximate surface area is 269 Å². The second-order valence-electron chi connectivity index (χ2n) is 11.5. The van der Waals surface area contributed by atoms with Crippen molar-refractivity contribution >= 4 is 39.8 Å². The number of aromatic nitrogens is 2. The Bertz CT molecular complexity index is 1690. The third kappa shape index (κ3) is 5.44. The van der Waals surface area contributed by atoms with Gasteiger partial charge in [0.2, 0.25) is 0 Å². The van der Waals surface area contributed by atoms with Crippen LogP contribution in [0.4, 0.5) is 10.2 Å². The van der Waals surface area contributed by atoms with Crippen molar-refractivity contribution in [1.82, 2.24) is 15.3 Å². The van der Waals surface area contributed by atoms with Crippen molar-refractivity contribution < 1.29 is 29.6 Å². The molecule has 10 heteroatoms. The van der Waals surface area contributed by atoms with Gasteiger partial charge >= 0.3 is 0 Å². The van der Waals surface area contributed by atoms with Crippen molar-refractivity contribution in [3.63, 3.8) is 0 Å². The van der Waals surface area contributed by atoms with Crippen molar-refractivity contribution in [1.29, 1.82) is 5.41 Å². The summed E-state index contributed by atoms with van der Waals surface area (Å²) in [6.45, 7) is 5.98. The average Bonchev–Trinajstić information content (AvgIpc) is 3.62. The van der Waals surface area contributed by atoms with Gasteiger partial charge in [-0.25, -0.2) is 14.4 Å². The molecule has 2 unspecified atom stereocenters. The van der Waals surface area contributed by atoms with Gasteiger partial charge < -0.3 is 26.1 Å². The maximum atomic E-state index is 15.3. The summed E-state index contributed by atoms with van der Waals surface area (Å²) in [6.07, 6.45) is 5.52. The van der Waals surface area contributed by atoms with Crippen LogP contribution in [0.1, 0.15) is 55.7 Å². The van der Waals surface area contributed by atoms with Crippen LogP contribution in [0.5, 0.6) is 5.75 Å². The van der Waals surface area contributed by atoms with Gasteiger partial charge in [0.25, 0.3) is 0 Å². The van der Waals surface area contributed by atoms with Gasteiger partial charge in [-0.2, -0.15) is 6.20 Å². The molecular weight excluding hydrogens is 654 g/mol. The Morgan fingerprint density at radius 3 is 2.67 bits per heavy atom. The largest absolute Gasteiger partial charge is 0.704 e. The minimum Gasteiger partial charge on any atom is -0.704 e. The number of piperazine rings is 1. The normalized spacial score (nSPS) is 22.4. The Morgan fingerprint density at radius 2 is 2.02 bits per heavy atom. The third-order valence-electron chi connectivity index (χ3n) is 8.74. The van der Waals surface area contributed by atoms with Crippen LogP contribution >= 0.6 is 11.8 Å². The number of nitrogens with zero attached hydrogens (tertiary/aromatic N) is 3. The van der Waals surface area contributed by atoms with E-state index in [1.54, 1.807) is 18.7 Å². The molecule has 226 valence electrons. The molecule has 1 aromatic heterocycles. The van der Waals surface area contributed by atoms with E-state index in [0.29, 0.717) is 51.8 Å². The van der Waals surface area contributed by atoms with Crippen molar-refractivity contribution in [2.75, 3.05) is 23.7 Å². The van der Waals surface area contributed by atoms with Crippen molar-refractivity contribution in [3.05, 3.63) is 88.1 Å². The maximum Gasteiger partial charge on any atom is 0.190 e. The Balaban J connectivity index is 0.00000329. The van der Waals surface area contributed by atoms with E-state index in [1.807, 2.05) is 30.3 Å². The van der Waals surface area contributed by atoms with Gasteiger partial charge in [-0.05, 0) is 77.8 Å². The fraction of sp³-hybridized carbons (Fsp3) is 0.364. The van der Waals surface area contributed by atoms with Crippen LogP contribution in [-0.2, 0) is 27.0 Å². The standard InChI is InChI=1S/C33H34FN6OS.Pd/c1-3-42-33-38-30-24(32(39-33)40-16-21-11-22(40)15-37-21)12-23(20-9-10-20)29(31(30)41-17-19-7-5-4-6-8-19)28-18(2)26(34)13-27(36)25(28)14-35;/h4-8,12-14,20-22,35-37H,3,9-11,15-17H2,1-2H3;/q-1;/b25-14+,36-27?;. The minimum absolute atomic E-state index is 0. The zero-order valence-corrected chi connectivity index (χ0v) is 26.5. The van der Waals surface area contributed by atoms with Crippen LogP contribution in [0.2, 0.25) is 0 Å². The summed E-state index contributed by atoms with van der Waals surface area (Å²) < 4.78 is 22.1. The summed E-state index contributed by atoms with van der Waals surface area (Å²) in [5.41, 5.74) is 13.1. The number of benzene rings is 2. The molecule has 2 bridgehead atoms. The number of anilines is 1. The molecule has 2 aliphatic carbocycles. The van der Waals surface area contributed by atoms with Crippen molar-refractivity contribution in [2.24, 2.45) is 0 Å². The van der Waals surface area contributed by atoms with Crippen LogP contribution in [0, 0.1) is 5.41 Å². The summed E-state index contributed by atoms with van der Waals surface area (Å²) in [6, 6.07) is 13.0. The molecule has 3 aromatic rings. The second-order valence-corrected chi connectivity index (χ2v) is 12.7. The number of thioether (sulfide) groups is 1. The molecule has 0 amide bonds.